The molecule has 0 unspecified atom stereocenters. The van der Waals surface area contributed by atoms with Crippen molar-refractivity contribution in [1.29, 1.82) is 0 Å². The zero-order valence-corrected chi connectivity index (χ0v) is 13.4. The van der Waals surface area contributed by atoms with Gasteiger partial charge >= 0.3 is 12.0 Å². The Hall–Kier alpha value is -1.60. The molecule has 0 spiro atoms. The fraction of sp³-hybridized carbons (Fsp3) is 0.429. The molecule has 0 radical (unpaired) electrons. The number of carboxylic acid groups (broad SMARTS) is 1. The van der Waals surface area contributed by atoms with Gasteiger partial charge in [0.2, 0.25) is 0 Å². The van der Waals surface area contributed by atoms with Crippen LogP contribution in [0.15, 0.2) is 22.7 Å². The summed E-state index contributed by atoms with van der Waals surface area (Å²) in [6.07, 6.45) is 0. The van der Waals surface area contributed by atoms with E-state index in [9.17, 15) is 9.59 Å². The predicted molar refractivity (Wildman–Crippen MR) is 83.5 cm³/mol. The van der Waals surface area contributed by atoms with Crippen molar-refractivity contribution in [2.24, 2.45) is 0 Å². The first-order valence-electron chi connectivity index (χ1n) is 6.72. The highest BCUT2D eigenvalue weighted by atomic mass is 79.9. The molecule has 1 aromatic rings. The van der Waals surface area contributed by atoms with E-state index in [0.29, 0.717) is 26.2 Å². The van der Waals surface area contributed by atoms with Crippen molar-refractivity contribution in [2.75, 3.05) is 38.0 Å². The number of urea groups is 1. The van der Waals surface area contributed by atoms with Crippen molar-refractivity contribution >= 4 is 33.6 Å². The molecule has 1 fully saturated rings. The molecule has 0 aliphatic carbocycles. The minimum absolute atomic E-state index is 0.0280. The third-order valence-corrected chi connectivity index (χ3v) is 4.39. The van der Waals surface area contributed by atoms with Crippen LogP contribution < -0.4 is 5.32 Å². The Labute approximate surface area is 131 Å². The molecule has 2 rings (SSSR count). The highest BCUT2D eigenvalue weighted by Gasteiger charge is 2.22. The smallest absolute Gasteiger partial charge is 0.321 e. The SMILES string of the molecule is Cc1c(Br)cccc1NC(=O)N1CCN(CC(=O)O)CC1. The molecule has 0 bridgehead atoms. The summed E-state index contributed by atoms with van der Waals surface area (Å²) in [4.78, 5) is 26.4. The third-order valence-electron chi connectivity index (χ3n) is 3.53. The van der Waals surface area contributed by atoms with Gasteiger partial charge in [-0.15, -0.1) is 0 Å². The molecule has 0 atom stereocenters. The molecule has 2 N–H and O–H groups in total. The highest BCUT2D eigenvalue weighted by Crippen LogP contribution is 2.23. The van der Waals surface area contributed by atoms with Crippen LogP contribution in [0.4, 0.5) is 10.5 Å². The molecule has 0 aromatic heterocycles. The lowest BCUT2D eigenvalue weighted by molar-refractivity contribution is -0.138. The number of nitrogens with one attached hydrogen (secondary N) is 1. The van der Waals surface area contributed by atoms with E-state index in [4.69, 9.17) is 5.11 Å². The van der Waals surface area contributed by atoms with Gasteiger partial charge in [-0.1, -0.05) is 22.0 Å². The van der Waals surface area contributed by atoms with Crippen LogP contribution in [0, 0.1) is 6.92 Å². The van der Waals surface area contributed by atoms with Gasteiger partial charge in [0.15, 0.2) is 0 Å². The van der Waals surface area contributed by atoms with Gasteiger partial charge in [0.1, 0.15) is 0 Å². The average molecular weight is 356 g/mol. The Bertz CT molecular complexity index is 542. The van der Waals surface area contributed by atoms with Crippen molar-refractivity contribution in [3.63, 3.8) is 0 Å². The van der Waals surface area contributed by atoms with Crippen molar-refractivity contribution in [2.45, 2.75) is 6.92 Å². The Kier molecular flexibility index (Phi) is 5.19. The average Bonchev–Trinajstić information content (AvgIpc) is 2.44. The van der Waals surface area contributed by atoms with Crippen LogP contribution in [0.25, 0.3) is 0 Å². The molecular weight excluding hydrogens is 338 g/mol. The summed E-state index contributed by atoms with van der Waals surface area (Å²) in [5, 5.41) is 11.7. The number of benzene rings is 1. The second kappa shape index (κ2) is 6.91. The van der Waals surface area contributed by atoms with E-state index in [0.717, 1.165) is 15.7 Å². The molecule has 0 saturated carbocycles. The molecule has 1 heterocycles. The summed E-state index contributed by atoms with van der Waals surface area (Å²) in [5.74, 6) is -0.835. The molecule has 114 valence electrons. The first-order valence-corrected chi connectivity index (χ1v) is 7.52. The topological polar surface area (TPSA) is 72.9 Å². The van der Waals surface area contributed by atoms with Crippen molar-refractivity contribution in [3.05, 3.63) is 28.2 Å². The number of carbonyl (C=O) groups is 2. The molecule has 21 heavy (non-hydrogen) atoms. The number of hydrogen-bond acceptors (Lipinski definition) is 3. The summed E-state index contributed by atoms with van der Waals surface area (Å²) in [6.45, 7) is 4.19. The number of carbonyl (C=O) groups excluding carboxylic acids is 1. The van der Waals surface area contributed by atoms with Crippen LogP contribution in [-0.2, 0) is 4.79 Å². The van der Waals surface area contributed by atoms with Gasteiger partial charge in [0, 0.05) is 36.3 Å². The van der Waals surface area contributed by atoms with E-state index in [1.165, 1.54) is 0 Å². The van der Waals surface area contributed by atoms with E-state index in [2.05, 4.69) is 21.2 Å². The van der Waals surface area contributed by atoms with E-state index in [1.54, 1.807) is 4.90 Å². The number of nitrogens with zero attached hydrogens (tertiary/aromatic N) is 2. The molecule has 1 aliphatic rings. The van der Waals surface area contributed by atoms with E-state index in [-0.39, 0.29) is 12.6 Å². The normalized spacial score (nSPS) is 15.8. The lowest BCUT2D eigenvalue weighted by Crippen LogP contribution is -2.51. The summed E-state index contributed by atoms with van der Waals surface area (Å²) in [5.41, 5.74) is 1.76. The lowest BCUT2D eigenvalue weighted by atomic mass is 10.2. The molecule has 1 aromatic carbocycles. The van der Waals surface area contributed by atoms with E-state index >= 15 is 0 Å². The van der Waals surface area contributed by atoms with Gasteiger partial charge < -0.3 is 15.3 Å². The first kappa shape index (κ1) is 15.8. The molecule has 1 aliphatic heterocycles. The number of halogens is 1. The highest BCUT2D eigenvalue weighted by molar-refractivity contribution is 9.10. The van der Waals surface area contributed by atoms with Gasteiger partial charge in [-0.05, 0) is 24.6 Å². The largest absolute Gasteiger partial charge is 0.480 e. The number of rotatable bonds is 3. The zero-order chi connectivity index (χ0) is 15.4. The molecule has 6 nitrogen and oxygen atoms in total. The third kappa shape index (κ3) is 4.18. The Morgan fingerprint density at radius 2 is 1.95 bits per heavy atom. The maximum atomic E-state index is 12.2. The van der Waals surface area contributed by atoms with Gasteiger partial charge in [-0.3, -0.25) is 9.69 Å². The van der Waals surface area contributed by atoms with Crippen molar-refractivity contribution < 1.29 is 14.7 Å². The summed E-state index contributed by atoms with van der Waals surface area (Å²) < 4.78 is 0.951. The van der Waals surface area contributed by atoms with Crippen LogP contribution in [0.2, 0.25) is 0 Å². The molecule has 1 saturated heterocycles. The van der Waals surface area contributed by atoms with Crippen LogP contribution in [-0.4, -0.2) is 59.6 Å². The maximum absolute atomic E-state index is 12.2. The molecular formula is C14H18BrN3O3. The van der Waals surface area contributed by atoms with Gasteiger partial charge in [0.05, 0.1) is 6.54 Å². The fourth-order valence-corrected chi connectivity index (χ4v) is 2.60. The van der Waals surface area contributed by atoms with Gasteiger partial charge in [-0.25, -0.2) is 4.79 Å². The minimum Gasteiger partial charge on any atom is -0.480 e. The van der Waals surface area contributed by atoms with Crippen LogP contribution in [0.3, 0.4) is 0 Å². The maximum Gasteiger partial charge on any atom is 0.321 e. The number of carboxylic acids is 1. The Morgan fingerprint density at radius 3 is 2.57 bits per heavy atom. The zero-order valence-electron chi connectivity index (χ0n) is 11.8. The summed E-state index contributed by atoms with van der Waals surface area (Å²) in [6, 6.07) is 5.51. The van der Waals surface area contributed by atoms with Gasteiger partial charge in [-0.2, -0.15) is 0 Å². The Morgan fingerprint density at radius 1 is 1.29 bits per heavy atom. The minimum atomic E-state index is -0.835. The fourth-order valence-electron chi connectivity index (χ4n) is 2.24. The van der Waals surface area contributed by atoms with Crippen LogP contribution in [0.1, 0.15) is 5.56 Å². The quantitative estimate of drug-likeness (QED) is 0.869. The van der Waals surface area contributed by atoms with Crippen molar-refractivity contribution in [1.82, 2.24) is 9.80 Å². The van der Waals surface area contributed by atoms with Crippen LogP contribution in [0.5, 0.6) is 0 Å². The van der Waals surface area contributed by atoms with E-state index in [1.807, 2.05) is 30.0 Å². The standard InChI is InChI=1S/C14H18BrN3O3/c1-10-11(15)3-2-4-12(10)16-14(21)18-7-5-17(6-8-18)9-13(19)20/h2-4H,5-9H2,1H3,(H,16,21)(H,19,20). The summed E-state index contributed by atoms with van der Waals surface area (Å²) >= 11 is 3.44. The first-order chi connectivity index (χ1) is 9.97. The second-order valence-corrected chi connectivity index (χ2v) is 5.85. The summed E-state index contributed by atoms with van der Waals surface area (Å²) in [7, 11) is 0. The van der Waals surface area contributed by atoms with Crippen LogP contribution >= 0.6 is 15.9 Å². The lowest BCUT2D eigenvalue weighted by Gasteiger charge is -2.33. The number of aliphatic carboxylic acids is 1. The van der Waals surface area contributed by atoms with Gasteiger partial charge in [0.25, 0.3) is 0 Å². The number of piperazine rings is 1. The monoisotopic (exact) mass is 355 g/mol. The molecule has 2 amide bonds. The number of hydrogen-bond donors (Lipinski definition) is 2. The number of amides is 2. The molecule has 7 heteroatoms. The predicted octanol–water partition coefficient (Wildman–Crippen LogP) is 1.99. The second-order valence-electron chi connectivity index (χ2n) is 5.00. The van der Waals surface area contributed by atoms with Crippen molar-refractivity contribution in [3.8, 4) is 0 Å². The van der Waals surface area contributed by atoms with E-state index < -0.39 is 5.97 Å². The number of anilines is 1. The Balaban J connectivity index is 1.90.